The summed E-state index contributed by atoms with van der Waals surface area (Å²) in [5, 5.41) is 0. The Kier molecular flexibility index (Phi) is 16.6. The number of methoxy groups -OCH3 is 2. The van der Waals surface area contributed by atoms with Gasteiger partial charge in [-0.3, -0.25) is 9.59 Å². The van der Waals surface area contributed by atoms with E-state index >= 15 is 0 Å². The highest BCUT2D eigenvalue weighted by Crippen LogP contribution is 2.45. The minimum absolute atomic E-state index is 0.00976. The second kappa shape index (κ2) is 23.1. The zero-order valence-corrected chi connectivity index (χ0v) is 45.1. The van der Waals surface area contributed by atoms with Gasteiger partial charge in [0, 0.05) is 44.0 Å². The molecule has 3 aromatic rings. The summed E-state index contributed by atoms with van der Waals surface area (Å²) in [5.74, 6) is 6.61. The van der Waals surface area contributed by atoms with Gasteiger partial charge in [0.1, 0.15) is 24.4 Å². The van der Waals surface area contributed by atoms with Gasteiger partial charge < -0.3 is 62.9 Å². The summed E-state index contributed by atoms with van der Waals surface area (Å²) in [6.45, 7) is 12.9. The van der Waals surface area contributed by atoms with E-state index in [9.17, 15) is 19.2 Å². The van der Waals surface area contributed by atoms with Gasteiger partial charge in [-0.05, 0) is 147 Å². The zero-order valence-electron chi connectivity index (χ0n) is 45.1. The van der Waals surface area contributed by atoms with Gasteiger partial charge in [0.05, 0.1) is 55.3 Å². The van der Waals surface area contributed by atoms with Crippen molar-refractivity contribution in [2.75, 3.05) is 56.9 Å². The fourth-order valence-electron chi connectivity index (χ4n) is 10.7. The number of hydrogen-bond donors (Lipinski definition) is 1. The Morgan fingerprint density at radius 2 is 1.05 bits per heavy atom. The average Bonchev–Trinajstić information content (AvgIpc) is 4.06. The highest BCUT2D eigenvalue weighted by atomic mass is 16.7. The Balaban J connectivity index is 1.04. The van der Waals surface area contributed by atoms with Crippen molar-refractivity contribution in [3.63, 3.8) is 0 Å². The first-order valence-corrected chi connectivity index (χ1v) is 26.7. The lowest BCUT2D eigenvalue weighted by Gasteiger charge is -2.39. The van der Waals surface area contributed by atoms with E-state index in [1.165, 1.54) is 24.0 Å². The predicted molar refractivity (Wildman–Crippen MR) is 279 cm³/mol. The van der Waals surface area contributed by atoms with Crippen LogP contribution in [-0.2, 0) is 41.6 Å². The minimum atomic E-state index is -0.922. The molecule has 2 unspecified atom stereocenters. The van der Waals surface area contributed by atoms with E-state index in [2.05, 4.69) is 11.8 Å². The molecule has 410 valence electrons. The number of rotatable bonds is 12. The quantitative estimate of drug-likeness (QED) is 0.169. The Bertz CT molecular complexity index is 2530. The summed E-state index contributed by atoms with van der Waals surface area (Å²) in [7, 11) is 2.98. The smallest absolute Gasteiger partial charge is 0.417 e. The molecule has 4 saturated heterocycles. The molecular formula is C57H73N5O14. The molecule has 0 spiro atoms. The van der Waals surface area contributed by atoms with Crippen LogP contribution in [0.5, 0.6) is 23.0 Å². The number of benzene rings is 3. The first kappa shape index (κ1) is 54.5. The third kappa shape index (κ3) is 12.1. The molecule has 2 N–H and O–H groups in total. The van der Waals surface area contributed by atoms with Crippen LogP contribution in [-0.4, -0.2) is 129 Å². The predicted octanol–water partition coefficient (Wildman–Crippen LogP) is 8.63. The summed E-state index contributed by atoms with van der Waals surface area (Å²) in [5.41, 5.74) is 7.10. The van der Waals surface area contributed by atoms with Crippen molar-refractivity contribution < 1.29 is 66.5 Å². The first-order valence-electron chi connectivity index (χ1n) is 26.7. The third-order valence-electron chi connectivity index (χ3n) is 14.0. The van der Waals surface area contributed by atoms with E-state index in [4.69, 9.17) is 53.1 Å². The van der Waals surface area contributed by atoms with Crippen molar-refractivity contribution in [2.45, 2.75) is 167 Å². The molecule has 4 amide bonds. The van der Waals surface area contributed by atoms with Gasteiger partial charge in [0.2, 0.25) is 0 Å². The van der Waals surface area contributed by atoms with Crippen molar-refractivity contribution in [3.05, 3.63) is 70.3 Å². The molecule has 4 fully saturated rings. The largest absolute Gasteiger partial charge is 0.493 e. The Morgan fingerprint density at radius 1 is 0.605 bits per heavy atom. The monoisotopic (exact) mass is 1050 g/mol. The summed E-state index contributed by atoms with van der Waals surface area (Å²) < 4.78 is 62.5. The molecule has 0 saturated carbocycles. The fraction of sp³-hybridized carbons (Fsp3) is 0.579. The molecule has 76 heavy (non-hydrogen) atoms. The van der Waals surface area contributed by atoms with Crippen LogP contribution in [0, 0.1) is 11.8 Å². The van der Waals surface area contributed by atoms with E-state index in [1.54, 1.807) is 75.6 Å². The molecule has 6 aliphatic heterocycles. The highest BCUT2D eigenvalue weighted by Gasteiger charge is 2.50. The first-order chi connectivity index (χ1) is 36.4. The Labute approximate surface area is 445 Å². The highest BCUT2D eigenvalue weighted by molar-refractivity contribution is 6.07. The molecule has 19 heteroatoms. The van der Waals surface area contributed by atoms with E-state index in [-0.39, 0.29) is 77.1 Å². The van der Waals surface area contributed by atoms with E-state index in [0.717, 1.165) is 38.5 Å². The summed E-state index contributed by atoms with van der Waals surface area (Å²) in [4.78, 5) is 64.5. The third-order valence-corrected chi connectivity index (χ3v) is 14.0. The minimum Gasteiger partial charge on any atom is -0.493 e. The van der Waals surface area contributed by atoms with E-state index in [1.807, 2.05) is 18.2 Å². The lowest BCUT2D eigenvalue weighted by Crippen LogP contribution is -2.54. The molecule has 0 aromatic heterocycles. The van der Waals surface area contributed by atoms with Crippen LogP contribution in [0.1, 0.15) is 143 Å². The van der Waals surface area contributed by atoms with Crippen LogP contribution in [0.15, 0.2) is 42.5 Å². The van der Waals surface area contributed by atoms with Gasteiger partial charge in [-0.2, -0.15) is 0 Å². The average molecular weight is 1050 g/mol. The second-order valence-corrected chi connectivity index (χ2v) is 21.9. The Morgan fingerprint density at radius 3 is 1.43 bits per heavy atom. The lowest BCUT2D eigenvalue weighted by molar-refractivity contribution is -0.196. The van der Waals surface area contributed by atoms with E-state index < -0.39 is 60.5 Å². The van der Waals surface area contributed by atoms with Gasteiger partial charge >= 0.3 is 12.2 Å². The zero-order chi connectivity index (χ0) is 53.9. The van der Waals surface area contributed by atoms with Gasteiger partial charge in [-0.25, -0.2) is 19.4 Å². The van der Waals surface area contributed by atoms with Crippen molar-refractivity contribution >= 4 is 35.4 Å². The topological polar surface area (TPSA) is 200 Å². The molecule has 0 aliphatic carbocycles. The number of fused-ring (bicyclic) bond motifs is 4. The lowest BCUT2D eigenvalue weighted by atomic mass is 10.1. The molecule has 19 nitrogen and oxygen atoms in total. The van der Waals surface area contributed by atoms with Crippen molar-refractivity contribution in [2.24, 2.45) is 5.73 Å². The molecule has 9 rings (SSSR count). The number of amides is 4. The van der Waals surface area contributed by atoms with Crippen LogP contribution in [0.4, 0.5) is 21.0 Å². The summed E-state index contributed by atoms with van der Waals surface area (Å²) in [6.07, 6.45) is 3.24. The molecular weight excluding hydrogens is 979 g/mol. The fourth-order valence-corrected chi connectivity index (χ4v) is 10.7. The number of anilines is 2. The Hall–Kier alpha value is -6.30. The molecule has 0 bridgehead atoms. The van der Waals surface area contributed by atoms with Crippen LogP contribution in [0.3, 0.4) is 0 Å². The molecule has 0 radical (unpaired) electrons. The van der Waals surface area contributed by atoms with Crippen LogP contribution < -0.4 is 34.5 Å². The van der Waals surface area contributed by atoms with Gasteiger partial charge in [0.15, 0.2) is 48.0 Å². The maximum atomic E-state index is 14.5. The summed E-state index contributed by atoms with van der Waals surface area (Å²) >= 11 is 0. The number of carbonyl (C=O) groups excluding carboxylic acids is 4. The summed E-state index contributed by atoms with van der Waals surface area (Å²) in [6, 6.07) is 11.2. The SMILES string of the molecule is COc1cc2c(cc1OCc1cc(C#CCN)cc(COc3cc4c(cc3OC)C(=O)N3CCC[C@H]3[C@H](OC3CCCCO3)N4C(=O)OC(C)(C)C)c1)N(C(=O)OC(C)(C)C)[C@@H](OC1CCCCO1)[C@@H]1CCCN1C2=O. The normalized spacial score (nSPS) is 23.5. The van der Waals surface area contributed by atoms with Crippen molar-refractivity contribution in [1.29, 1.82) is 0 Å². The standard InChI is InChI=1S/C57H73N5O14/c1-56(2,3)75-54(65)61-42-31-46(44(67-7)29-38(42)50(63)59-22-14-17-40(59)52(61)73-48-19-9-11-24-69-48)71-33-36-26-35(16-13-21-58)27-37(28-36)34-72-47-32-43-39(30-45(47)68-8)51(64)60-23-15-18-41(60)53(74-49-20-10-12-25-70-49)62(43)55(66)76-57(4,5)6/h26-32,40-41,48-49,52-53H,9-12,14-15,17-25,33-34,58H2,1-8H3/t40-,41-,48?,49?,52-,53-/m0/s1. The molecule has 6 atom stereocenters. The maximum Gasteiger partial charge on any atom is 0.417 e. The van der Waals surface area contributed by atoms with Crippen LogP contribution in [0.25, 0.3) is 0 Å². The van der Waals surface area contributed by atoms with Gasteiger partial charge in [-0.1, -0.05) is 11.8 Å². The second-order valence-electron chi connectivity index (χ2n) is 21.9. The van der Waals surface area contributed by atoms with Gasteiger partial charge in [-0.15, -0.1) is 0 Å². The number of hydrogen-bond acceptors (Lipinski definition) is 15. The number of ether oxygens (including phenoxy) is 10. The molecule has 3 aromatic carbocycles. The maximum absolute atomic E-state index is 14.5. The van der Waals surface area contributed by atoms with Gasteiger partial charge in [0.25, 0.3) is 11.8 Å². The number of nitrogens with zero attached hydrogens (tertiary/aromatic N) is 4. The van der Waals surface area contributed by atoms with Crippen LogP contribution in [0.2, 0.25) is 0 Å². The molecule has 6 heterocycles. The van der Waals surface area contributed by atoms with Crippen molar-refractivity contribution in [1.82, 2.24) is 9.80 Å². The van der Waals surface area contributed by atoms with E-state index in [0.29, 0.717) is 68.7 Å². The number of carbonyl (C=O) groups is 4. The van der Waals surface area contributed by atoms with Crippen molar-refractivity contribution in [3.8, 4) is 34.8 Å². The molecule has 6 aliphatic rings. The number of nitrogens with two attached hydrogens (primary N) is 1. The van der Waals surface area contributed by atoms with Crippen LogP contribution >= 0.6 is 0 Å².